The van der Waals surface area contributed by atoms with Gasteiger partial charge in [0, 0.05) is 12.8 Å². The maximum atomic E-state index is 12.8. The van der Waals surface area contributed by atoms with Gasteiger partial charge in [-0.3, -0.25) is 14.4 Å². The predicted octanol–water partition coefficient (Wildman–Crippen LogP) is 8.11. The van der Waals surface area contributed by atoms with E-state index in [1.807, 2.05) is 0 Å². The SMILES string of the molecule is CCCCCCCCCCCC(=O)OC1=C(C)OCC(OC(=O)CCCCCCCCCCC)C1=O. The lowest BCUT2D eigenvalue weighted by Crippen LogP contribution is -2.38. The summed E-state index contributed by atoms with van der Waals surface area (Å²) in [5.74, 6) is -1.18. The first-order valence-electron chi connectivity index (χ1n) is 14.8. The van der Waals surface area contributed by atoms with E-state index in [2.05, 4.69) is 13.8 Å². The number of ether oxygens (including phenoxy) is 3. The molecule has 0 aromatic rings. The molecule has 0 fully saturated rings. The maximum absolute atomic E-state index is 12.8. The Morgan fingerprint density at radius 3 is 1.58 bits per heavy atom. The molecule has 0 radical (unpaired) electrons. The summed E-state index contributed by atoms with van der Waals surface area (Å²) < 4.78 is 16.2. The van der Waals surface area contributed by atoms with E-state index in [0.717, 1.165) is 38.5 Å². The standard InChI is InChI=1S/C30H52O6/c1-4-6-8-10-12-14-16-18-20-22-27(31)35-26-24-34-25(3)30(29(26)33)36-28(32)23-21-19-17-15-13-11-9-7-5-2/h26H,4-24H2,1-3H3. The normalized spacial score (nSPS) is 15.6. The van der Waals surface area contributed by atoms with Crippen molar-refractivity contribution in [2.45, 2.75) is 155 Å². The lowest BCUT2D eigenvalue weighted by molar-refractivity contribution is -0.161. The number of carbonyl (C=O) groups excluding carboxylic acids is 3. The van der Waals surface area contributed by atoms with Gasteiger partial charge in [0.15, 0.2) is 0 Å². The van der Waals surface area contributed by atoms with Crippen molar-refractivity contribution in [3.05, 3.63) is 11.5 Å². The molecule has 1 atom stereocenters. The van der Waals surface area contributed by atoms with Crippen LogP contribution in [0.4, 0.5) is 0 Å². The van der Waals surface area contributed by atoms with E-state index in [4.69, 9.17) is 14.2 Å². The van der Waals surface area contributed by atoms with Crippen LogP contribution in [0, 0.1) is 0 Å². The Labute approximate surface area is 219 Å². The molecule has 0 aliphatic carbocycles. The van der Waals surface area contributed by atoms with Crippen LogP contribution in [0.1, 0.15) is 149 Å². The lowest BCUT2D eigenvalue weighted by Gasteiger charge is -2.24. The third-order valence-electron chi connectivity index (χ3n) is 6.75. The van der Waals surface area contributed by atoms with Crippen molar-refractivity contribution in [2.75, 3.05) is 6.61 Å². The van der Waals surface area contributed by atoms with Gasteiger partial charge in [-0.15, -0.1) is 0 Å². The van der Waals surface area contributed by atoms with Crippen molar-refractivity contribution >= 4 is 17.7 Å². The number of hydrogen-bond donors (Lipinski definition) is 0. The van der Waals surface area contributed by atoms with E-state index in [-0.39, 0.29) is 31.0 Å². The highest BCUT2D eigenvalue weighted by Crippen LogP contribution is 2.21. The number of hydrogen-bond acceptors (Lipinski definition) is 6. The van der Waals surface area contributed by atoms with Gasteiger partial charge in [0.25, 0.3) is 0 Å². The van der Waals surface area contributed by atoms with Gasteiger partial charge in [0.2, 0.25) is 17.6 Å². The second-order valence-corrected chi connectivity index (χ2v) is 10.2. The zero-order valence-electron chi connectivity index (χ0n) is 23.4. The highest BCUT2D eigenvalue weighted by molar-refractivity contribution is 6.00. The second kappa shape index (κ2) is 21.3. The van der Waals surface area contributed by atoms with Gasteiger partial charge >= 0.3 is 11.9 Å². The number of allylic oxidation sites excluding steroid dienone is 1. The molecule has 1 rings (SSSR count). The summed E-state index contributed by atoms with van der Waals surface area (Å²) in [4.78, 5) is 37.3. The van der Waals surface area contributed by atoms with Crippen molar-refractivity contribution in [1.82, 2.24) is 0 Å². The molecular formula is C30H52O6. The molecule has 36 heavy (non-hydrogen) atoms. The molecule has 0 spiro atoms. The number of esters is 2. The average Bonchev–Trinajstić information content (AvgIpc) is 2.86. The highest BCUT2D eigenvalue weighted by atomic mass is 16.6. The summed E-state index contributed by atoms with van der Waals surface area (Å²) in [6.45, 7) is 6.00. The molecule has 208 valence electrons. The maximum Gasteiger partial charge on any atom is 0.311 e. The van der Waals surface area contributed by atoms with Gasteiger partial charge in [-0.1, -0.05) is 117 Å². The van der Waals surface area contributed by atoms with E-state index in [1.165, 1.54) is 77.0 Å². The first kappa shape index (κ1) is 32.2. The summed E-state index contributed by atoms with van der Waals surface area (Å²) in [5, 5.41) is 0. The van der Waals surface area contributed by atoms with Crippen LogP contribution >= 0.6 is 0 Å². The molecule has 0 N–H and O–H groups in total. The largest absolute Gasteiger partial charge is 0.490 e. The van der Waals surface area contributed by atoms with Crippen LogP contribution in [0.25, 0.3) is 0 Å². The highest BCUT2D eigenvalue weighted by Gasteiger charge is 2.35. The molecule has 1 unspecified atom stereocenters. The average molecular weight is 509 g/mol. The minimum absolute atomic E-state index is 0.0343. The van der Waals surface area contributed by atoms with E-state index < -0.39 is 23.8 Å². The van der Waals surface area contributed by atoms with Crippen molar-refractivity contribution < 1.29 is 28.6 Å². The second-order valence-electron chi connectivity index (χ2n) is 10.2. The summed E-state index contributed by atoms with van der Waals surface area (Å²) in [6.07, 6.45) is 20.4. The molecule has 0 aromatic heterocycles. The first-order chi connectivity index (χ1) is 17.5. The fourth-order valence-corrected chi connectivity index (χ4v) is 4.41. The molecule has 0 amide bonds. The lowest BCUT2D eigenvalue weighted by atomic mass is 10.1. The van der Waals surface area contributed by atoms with Crippen LogP contribution in [0.3, 0.4) is 0 Å². The summed E-state index contributed by atoms with van der Waals surface area (Å²) in [7, 11) is 0. The fraction of sp³-hybridized carbons (Fsp3) is 0.833. The molecule has 1 aliphatic heterocycles. The van der Waals surface area contributed by atoms with Gasteiger partial charge in [0.1, 0.15) is 12.4 Å². The third-order valence-corrected chi connectivity index (χ3v) is 6.75. The third kappa shape index (κ3) is 15.3. The molecule has 6 nitrogen and oxygen atoms in total. The Hall–Kier alpha value is -1.85. The summed E-state index contributed by atoms with van der Waals surface area (Å²) in [5.41, 5.74) is 0. The Morgan fingerprint density at radius 1 is 0.694 bits per heavy atom. The number of carbonyl (C=O) groups is 3. The van der Waals surface area contributed by atoms with Crippen molar-refractivity contribution in [1.29, 1.82) is 0 Å². The Bertz CT molecular complexity index is 654. The molecule has 6 heteroatoms. The molecule has 0 saturated heterocycles. The Kier molecular flexibility index (Phi) is 19.0. The monoisotopic (exact) mass is 508 g/mol. The zero-order valence-corrected chi connectivity index (χ0v) is 23.4. The number of Topliss-reactive ketones (excluding diaryl/α,β-unsaturated/α-hetero) is 1. The predicted molar refractivity (Wildman–Crippen MR) is 143 cm³/mol. The smallest absolute Gasteiger partial charge is 0.311 e. The number of unbranched alkanes of at least 4 members (excludes halogenated alkanes) is 16. The minimum Gasteiger partial charge on any atom is -0.490 e. The van der Waals surface area contributed by atoms with Crippen molar-refractivity contribution in [2.24, 2.45) is 0 Å². The number of rotatable bonds is 22. The number of ketones is 1. The van der Waals surface area contributed by atoms with Gasteiger partial charge in [-0.2, -0.15) is 0 Å². The van der Waals surface area contributed by atoms with Crippen LogP contribution in [0.15, 0.2) is 11.5 Å². The van der Waals surface area contributed by atoms with Crippen LogP contribution in [0.5, 0.6) is 0 Å². The van der Waals surface area contributed by atoms with Crippen LogP contribution < -0.4 is 0 Å². The summed E-state index contributed by atoms with van der Waals surface area (Å²) in [6, 6.07) is 0. The fourth-order valence-electron chi connectivity index (χ4n) is 4.41. The Balaban J connectivity index is 2.21. The van der Waals surface area contributed by atoms with Crippen LogP contribution in [-0.2, 0) is 28.6 Å². The van der Waals surface area contributed by atoms with Gasteiger partial charge in [0.05, 0.1) is 0 Å². The molecule has 0 saturated carbocycles. The van der Waals surface area contributed by atoms with E-state index in [9.17, 15) is 14.4 Å². The van der Waals surface area contributed by atoms with Crippen LogP contribution in [-0.4, -0.2) is 30.4 Å². The Morgan fingerprint density at radius 2 is 1.11 bits per heavy atom. The molecular weight excluding hydrogens is 456 g/mol. The molecule has 1 heterocycles. The van der Waals surface area contributed by atoms with Gasteiger partial charge in [-0.05, 0) is 19.8 Å². The van der Waals surface area contributed by atoms with E-state index in [1.54, 1.807) is 6.92 Å². The molecule has 0 bridgehead atoms. The van der Waals surface area contributed by atoms with E-state index >= 15 is 0 Å². The molecule has 1 aliphatic rings. The van der Waals surface area contributed by atoms with Gasteiger partial charge < -0.3 is 14.2 Å². The zero-order chi connectivity index (χ0) is 26.4. The quantitative estimate of drug-likeness (QED) is 0.108. The van der Waals surface area contributed by atoms with E-state index in [0.29, 0.717) is 0 Å². The van der Waals surface area contributed by atoms with Gasteiger partial charge in [-0.25, -0.2) is 0 Å². The minimum atomic E-state index is -1.05. The summed E-state index contributed by atoms with van der Waals surface area (Å²) >= 11 is 0. The first-order valence-corrected chi connectivity index (χ1v) is 14.8. The van der Waals surface area contributed by atoms with Crippen LogP contribution in [0.2, 0.25) is 0 Å². The van der Waals surface area contributed by atoms with Crippen molar-refractivity contribution in [3.63, 3.8) is 0 Å². The van der Waals surface area contributed by atoms with Crippen molar-refractivity contribution in [3.8, 4) is 0 Å². The topological polar surface area (TPSA) is 78.9 Å². The molecule has 0 aromatic carbocycles.